The van der Waals surface area contributed by atoms with E-state index < -0.39 is 0 Å². The predicted molar refractivity (Wildman–Crippen MR) is 74.9 cm³/mol. The number of hydrogen-bond acceptors (Lipinski definition) is 1. The van der Waals surface area contributed by atoms with Gasteiger partial charge < -0.3 is 4.90 Å². The Hall–Kier alpha value is 0.863. The molecular formula is C13H21NS2Zn+2. The quantitative estimate of drug-likeness (QED) is 0.412. The largest absolute Gasteiger partial charge is 2.00 e. The molecule has 90 valence electrons. The van der Waals surface area contributed by atoms with Crippen LogP contribution in [0.15, 0.2) is 0 Å². The Kier molecular flexibility index (Phi) is 4.94. The Bertz CT molecular complexity index is 275. The first-order chi connectivity index (χ1) is 7.79. The topological polar surface area (TPSA) is 3.24 Å². The van der Waals surface area contributed by atoms with Gasteiger partial charge in [0.2, 0.25) is 0 Å². The molecule has 3 aliphatic rings. The van der Waals surface area contributed by atoms with Crippen molar-refractivity contribution >= 4 is 29.2 Å². The Morgan fingerprint density at radius 2 is 1.29 bits per heavy atom. The minimum Gasteiger partial charge on any atom is -0.351 e. The number of thiocarbonyl (C=S) groups is 1. The molecule has 4 unspecified atom stereocenters. The van der Waals surface area contributed by atoms with Crippen molar-refractivity contribution in [3.8, 4) is 0 Å². The molecule has 0 aromatic carbocycles. The van der Waals surface area contributed by atoms with Crippen LogP contribution in [0.3, 0.4) is 0 Å². The van der Waals surface area contributed by atoms with Crippen molar-refractivity contribution in [3.05, 3.63) is 0 Å². The van der Waals surface area contributed by atoms with E-state index in [1.54, 1.807) is 0 Å². The van der Waals surface area contributed by atoms with Crippen LogP contribution in [-0.4, -0.2) is 21.3 Å². The van der Waals surface area contributed by atoms with E-state index >= 15 is 0 Å². The molecule has 4 atom stereocenters. The fourth-order valence-electron chi connectivity index (χ4n) is 4.50. The van der Waals surface area contributed by atoms with E-state index in [-0.39, 0.29) is 19.5 Å². The molecule has 1 saturated heterocycles. The third-order valence-corrected chi connectivity index (χ3v) is 5.49. The van der Waals surface area contributed by atoms with Crippen molar-refractivity contribution < 1.29 is 19.5 Å². The van der Waals surface area contributed by atoms with E-state index in [4.69, 9.17) is 12.2 Å². The van der Waals surface area contributed by atoms with Gasteiger partial charge in [0.15, 0.2) is 0 Å². The first-order valence-electron chi connectivity index (χ1n) is 6.80. The fraction of sp³-hybridized carbons (Fsp3) is 0.923. The Balaban J connectivity index is 0.00000108. The summed E-state index contributed by atoms with van der Waals surface area (Å²) in [6.07, 6.45) is 11.3. The summed E-state index contributed by atoms with van der Waals surface area (Å²) in [4.78, 5) is 2.52. The Morgan fingerprint density at radius 1 is 0.882 bits per heavy atom. The number of fused-ring (bicyclic) bond motifs is 3. The third-order valence-electron chi connectivity index (χ3n) is 5.05. The maximum Gasteiger partial charge on any atom is 2.00 e. The van der Waals surface area contributed by atoms with E-state index in [2.05, 4.69) is 17.5 Å². The monoisotopic (exact) mass is 319 g/mol. The van der Waals surface area contributed by atoms with Crippen molar-refractivity contribution in [2.45, 2.75) is 63.5 Å². The van der Waals surface area contributed by atoms with Gasteiger partial charge in [-0.3, -0.25) is 0 Å². The fourth-order valence-corrected chi connectivity index (χ4v) is 5.07. The number of rotatable bonds is 0. The Morgan fingerprint density at radius 3 is 1.71 bits per heavy atom. The molecule has 0 spiro atoms. The average Bonchev–Trinajstić information content (AvgIpc) is 2.63. The zero-order valence-corrected chi connectivity index (χ0v) is 15.2. The molecule has 0 amide bonds. The zero-order chi connectivity index (χ0) is 11.1. The van der Waals surface area contributed by atoms with Gasteiger partial charge in [-0.15, -0.1) is 12.6 Å². The molecule has 0 N–H and O–H groups in total. The first-order valence-corrected chi connectivity index (χ1v) is 7.66. The standard InChI is InChI=1S/C13H21NS2.Zn/c15-13(16)14-11-7-3-1-5-9(11)10-6-2-4-8-12(10)14;/h9-12H,1-8H2,(H,15,16);/q;+2. The average molecular weight is 321 g/mol. The van der Waals surface area contributed by atoms with E-state index in [1.807, 2.05) is 0 Å². The van der Waals surface area contributed by atoms with Gasteiger partial charge in [0.25, 0.3) is 0 Å². The summed E-state index contributed by atoms with van der Waals surface area (Å²) < 4.78 is 0.867. The molecule has 0 aromatic rings. The summed E-state index contributed by atoms with van der Waals surface area (Å²) in [6.45, 7) is 0. The van der Waals surface area contributed by atoms with Gasteiger partial charge in [-0.2, -0.15) is 0 Å². The van der Waals surface area contributed by atoms with Crippen LogP contribution in [0.2, 0.25) is 0 Å². The smallest absolute Gasteiger partial charge is 0.351 e. The van der Waals surface area contributed by atoms with Crippen molar-refractivity contribution in [1.29, 1.82) is 0 Å². The summed E-state index contributed by atoms with van der Waals surface area (Å²) >= 11 is 9.87. The van der Waals surface area contributed by atoms with Crippen molar-refractivity contribution in [2.24, 2.45) is 11.8 Å². The molecule has 3 rings (SSSR count). The molecule has 1 heterocycles. The van der Waals surface area contributed by atoms with Crippen LogP contribution >= 0.6 is 24.8 Å². The summed E-state index contributed by atoms with van der Waals surface area (Å²) in [5.74, 6) is 1.87. The molecule has 1 nitrogen and oxygen atoms in total. The Labute approximate surface area is 128 Å². The molecule has 1 aliphatic heterocycles. The predicted octanol–water partition coefficient (Wildman–Crippen LogP) is 3.63. The molecule has 0 aromatic heterocycles. The van der Waals surface area contributed by atoms with E-state index in [0.717, 1.165) is 28.2 Å². The number of hydrogen-bond donors (Lipinski definition) is 1. The summed E-state index contributed by atoms with van der Waals surface area (Å²) in [5, 5.41) is 0. The first kappa shape index (κ1) is 14.3. The maximum atomic E-state index is 5.38. The van der Waals surface area contributed by atoms with Gasteiger partial charge in [0.1, 0.15) is 4.32 Å². The third kappa shape index (κ3) is 2.47. The number of likely N-dealkylation sites (tertiary alicyclic amines) is 1. The van der Waals surface area contributed by atoms with Crippen molar-refractivity contribution in [3.63, 3.8) is 0 Å². The van der Waals surface area contributed by atoms with Gasteiger partial charge in [0.05, 0.1) is 0 Å². The molecule has 0 bridgehead atoms. The normalized spacial score (nSPS) is 40.2. The van der Waals surface area contributed by atoms with Crippen LogP contribution in [0, 0.1) is 11.8 Å². The van der Waals surface area contributed by atoms with E-state index in [1.165, 1.54) is 51.4 Å². The molecule has 2 saturated carbocycles. The molecule has 4 heteroatoms. The van der Waals surface area contributed by atoms with Crippen LogP contribution < -0.4 is 0 Å². The van der Waals surface area contributed by atoms with Gasteiger partial charge in [0, 0.05) is 12.1 Å². The molecule has 3 fully saturated rings. The van der Waals surface area contributed by atoms with Crippen LogP contribution in [-0.2, 0) is 19.5 Å². The summed E-state index contributed by atoms with van der Waals surface area (Å²) in [5.41, 5.74) is 0. The zero-order valence-electron chi connectivity index (χ0n) is 10.5. The van der Waals surface area contributed by atoms with E-state index in [0.29, 0.717) is 0 Å². The maximum absolute atomic E-state index is 5.38. The number of thiol groups is 1. The molecule has 2 aliphatic carbocycles. The van der Waals surface area contributed by atoms with Gasteiger partial charge >= 0.3 is 19.5 Å². The summed E-state index contributed by atoms with van der Waals surface area (Å²) in [7, 11) is 0. The van der Waals surface area contributed by atoms with E-state index in [9.17, 15) is 0 Å². The van der Waals surface area contributed by atoms with Crippen molar-refractivity contribution in [1.82, 2.24) is 4.90 Å². The van der Waals surface area contributed by atoms with Crippen LogP contribution in [0.4, 0.5) is 0 Å². The molecule has 17 heavy (non-hydrogen) atoms. The van der Waals surface area contributed by atoms with Gasteiger partial charge in [-0.05, 0) is 37.5 Å². The van der Waals surface area contributed by atoms with Gasteiger partial charge in [-0.1, -0.05) is 37.9 Å². The van der Waals surface area contributed by atoms with Crippen LogP contribution in [0.25, 0.3) is 0 Å². The second-order valence-corrected chi connectivity index (χ2v) is 6.83. The second-order valence-electron chi connectivity index (χ2n) is 5.72. The second kappa shape index (κ2) is 5.88. The van der Waals surface area contributed by atoms with Crippen molar-refractivity contribution in [2.75, 3.05) is 0 Å². The van der Waals surface area contributed by atoms with Gasteiger partial charge in [-0.25, -0.2) is 0 Å². The van der Waals surface area contributed by atoms with Crippen LogP contribution in [0.5, 0.6) is 0 Å². The molecular weight excluding hydrogens is 300 g/mol. The minimum atomic E-state index is 0. The summed E-state index contributed by atoms with van der Waals surface area (Å²) in [6, 6.07) is 1.48. The minimum absolute atomic E-state index is 0. The number of nitrogens with zero attached hydrogens (tertiary/aromatic N) is 1. The SMILES string of the molecule is S=C(S)N1C2CCCCC2C2CCCCC21.[Zn+2]. The molecule has 0 radical (unpaired) electrons. The van der Waals surface area contributed by atoms with Crippen LogP contribution in [0.1, 0.15) is 51.4 Å².